The smallest absolute Gasteiger partial charge is 0.0253 e. The molecule has 3 aromatic rings. The van der Waals surface area contributed by atoms with Crippen LogP contribution in [0.25, 0.3) is 17.2 Å². The molecule has 1 nitrogen and oxygen atoms in total. The first-order chi connectivity index (χ1) is 14.2. The molecule has 0 spiro atoms. The van der Waals surface area contributed by atoms with Crippen molar-refractivity contribution in [1.29, 1.82) is 0 Å². The number of thiol groups is 1. The van der Waals surface area contributed by atoms with Gasteiger partial charge in [-0.3, -0.25) is 0 Å². The maximum absolute atomic E-state index is 5.59. The molecule has 0 amide bonds. The van der Waals surface area contributed by atoms with Gasteiger partial charge in [0.1, 0.15) is 6.10 Å². The largest absolute Gasteiger partial charge is 0.813 e. The molecular weight excluding hydrogens is 578 g/mol. The van der Waals surface area contributed by atoms with Gasteiger partial charge < -0.3 is 18.2 Å². The Morgan fingerprint density at radius 1 is 0.933 bits per heavy atom. The Kier molecular flexibility index (Phi) is 8.92. The van der Waals surface area contributed by atoms with Gasteiger partial charge in [0, 0.05) is 0 Å². The predicted octanol–water partition coefficient (Wildman–Crippen LogP) is 7.36. The third-order valence-electron chi connectivity index (χ3n) is 4.94. The summed E-state index contributed by atoms with van der Waals surface area (Å²) < 4.78 is 6.40. The molecule has 2 aliphatic carbocycles. The van der Waals surface area contributed by atoms with Gasteiger partial charge in [0.2, 0.25) is 0 Å². The quantitative estimate of drug-likeness (QED) is 0.120. The van der Waals surface area contributed by atoms with E-state index in [1.165, 1.54) is 33.4 Å². The van der Waals surface area contributed by atoms with Crippen LogP contribution < -0.4 is 0 Å². The molecule has 0 saturated heterocycles. The van der Waals surface area contributed by atoms with Gasteiger partial charge in [-0.15, -0.1) is 22.8 Å². The average molecular weight is 594 g/mol. The van der Waals surface area contributed by atoms with Crippen molar-refractivity contribution < 1.29 is 25.6 Å². The normalized spacial score (nSPS) is 15.8. The predicted molar refractivity (Wildman–Crippen MR) is 128 cm³/mol. The fraction of sp³-hybridized carbons (Fsp3) is 0.0833. The minimum Gasteiger partial charge on any atom is -0.813 e. The maximum atomic E-state index is 5.59. The third kappa shape index (κ3) is 5.17. The summed E-state index contributed by atoms with van der Waals surface area (Å²) in [4.78, 5) is 0. The van der Waals surface area contributed by atoms with E-state index in [0.29, 0.717) is 0 Å². The summed E-state index contributed by atoms with van der Waals surface area (Å²) in [6.45, 7) is 0. The van der Waals surface area contributed by atoms with E-state index in [-0.39, 0.29) is 19.6 Å². The molecule has 0 fully saturated rings. The minimum atomic E-state index is -0.826. The summed E-state index contributed by atoms with van der Waals surface area (Å²) in [6, 6.07) is 27.3. The zero-order valence-electron chi connectivity index (χ0n) is 15.7. The molecule has 0 radical (unpaired) electrons. The van der Waals surface area contributed by atoms with Gasteiger partial charge in [-0.05, 0) is 34.0 Å². The zero-order chi connectivity index (χ0) is 20.2. The van der Waals surface area contributed by atoms with Gasteiger partial charge in [-0.1, -0.05) is 35.4 Å². The molecule has 0 aromatic heterocycles. The van der Waals surface area contributed by atoms with Crippen LogP contribution >= 0.6 is 33.0 Å². The summed E-state index contributed by atoms with van der Waals surface area (Å²) in [5.41, 5.74) is 9.09. The van der Waals surface area contributed by atoms with Gasteiger partial charge in [-0.2, -0.15) is 54.1 Å². The van der Waals surface area contributed by atoms with Crippen LogP contribution in [-0.4, -0.2) is 0 Å². The van der Waals surface area contributed by atoms with E-state index in [0.717, 1.165) is 16.7 Å². The molecule has 3 aliphatic rings. The van der Waals surface area contributed by atoms with E-state index >= 15 is 0 Å². The minimum absolute atomic E-state index is 0. The molecule has 6 heteroatoms. The van der Waals surface area contributed by atoms with E-state index < -0.39 is 20.8 Å². The topological polar surface area (TPSA) is 9.23 Å². The van der Waals surface area contributed by atoms with Crippen molar-refractivity contribution in [3.8, 4) is 11.1 Å². The molecule has 0 N–H and O–H groups in total. The first-order valence-electron chi connectivity index (χ1n) is 9.01. The summed E-state index contributed by atoms with van der Waals surface area (Å²) >= 11 is 2.50. The number of hydrogen-bond donors (Lipinski definition) is 0. The fourth-order valence-electron chi connectivity index (χ4n) is 3.76. The molecule has 1 atom stereocenters. The van der Waals surface area contributed by atoms with Crippen LogP contribution in [0.5, 0.6) is 0 Å². The number of hydrogen-bond acceptors (Lipinski definition) is 2. The van der Waals surface area contributed by atoms with E-state index in [4.69, 9.17) is 21.8 Å². The van der Waals surface area contributed by atoms with E-state index in [9.17, 15) is 0 Å². The molecule has 1 aliphatic heterocycles. The van der Waals surface area contributed by atoms with Gasteiger partial charge in [-0.25, -0.2) is 0 Å². The van der Waals surface area contributed by atoms with Gasteiger partial charge >= 0.3 is 37.9 Å². The summed E-state index contributed by atoms with van der Waals surface area (Å²) in [5.74, 6) is 0. The van der Waals surface area contributed by atoms with Crippen molar-refractivity contribution in [1.82, 2.24) is 0 Å². The van der Waals surface area contributed by atoms with E-state index in [1.54, 1.807) is 0 Å². The van der Waals surface area contributed by atoms with Gasteiger partial charge in [0.15, 0.2) is 4.67 Å². The number of halogens is 3. The molecule has 3 aromatic carbocycles. The molecule has 0 bridgehead atoms. The van der Waals surface area contributed by atoms with Crippen molar-refractivity contribution in [2.75, 3.05) is 0 Å². The Bertz CT molecular complexity index is 1060. The number of benzene rings is 3. The summed E-state index contributed by atoms with van der Waals surface area (Å²) in [7, 11) is 9.87. The van der Waals surface area contributed by atoms with E-state index in [2.05, 4.69) is 76.6 Å². The second-order valence-corrected chi connectivity index (χ2v) is 11.1. The van der Waals surface area contributed by atoms with Crippen molar-refractivity contribution in [2.45, 2.75) is 12.5 Å². The first kappa shape index (κ1) is 23.9. The first-order valence-corrected chi connectivity index (χ1v) is 16.1. The van der Waals surface area contributed by atoms with Crippen LogP contribution in [0.4, 0.5) is 0 Å². The van der Waals surface area contributed by atoms with Crippen molar-refractivity contribution in [3.63, 3.8) is 0 Å². The molecular formula is C24H16BrCl2OSZr-3. The Balaban J connectivity index is 0.000000147. The van der Waals surface area contributed by atoms with Crippen molar-refractivity contribution in [2.24, 2.45) is 0 Å². The average Bonchev–Trinajstić information content (AvgIpc) is 3.39. The van der Waals surface area contributed by atoms with Crippen LogP contribution in [0.2, 0.25) is 0 Å². The van der Waals surface area contributed by atoms with Gasteiger partial charge in [0.05, 0.1) is 0 Å². The van der Waals surface area contributed by atoms with Crippen LogP contribution in [0.15, 0.2) is 77.0 Å². The summed E-state index contributed by atoms with van der Waals surface area (Å²) in [5, 5.41) is 0. The SMILES string of the molecule is BrC1=CC2=Cc3ccc[c-]c3C2O1.[Cl][Zr][Cl].[SH-].[c-]1cccc2c1Cc1ccccc1-2. The molecule has 1 unspecified atom stereocenters. The number of rotatable bonds is 0. The Hall–Kier alpha value is -0.767. The molecule has 1 heterocycles. The van der Waals surface area contributed by atoms with Crippen LogP contribution in [0.1, 0.15) is 28.4 Å². The van der Waals surface area contributed by atoms with Crippen LogP contribution in [0, 0.1) is 12.1 Å². The zero-order valence-corrected chi connectivity index (χ0v) is 22.2. The summed E-state index contributed by atoms with van der Waals surface area (Å²) in [6.07, 6.45) is 5.28. The second kappa shape index (κ2) is 11.2. The second-order valence-electron chi connectivity index (χ2n) is 6.60. The molecule has 152 valence electrons. The Labute approximate surface area is 211 Å². The Morgan fingerprint density at radius 2 is 1.63 bits per heavy atom. The maximum Gasteiger partial charge on any atom is -0.0253 e. The number of ether oxygens (including phenoxy) is 1. The molecule has 6 rings (SSSR count). The van der Waals surface area contributed by atoms with E-state index in [1.807, 2.05) is 24.3 Å². The van der Waals surface area contributed by atoms with Crippen molar-refractivity contribution >= 4 is 52.5 Å². The monoisotopic (exact) mass is 591 g/mol. The number of fused-ring (bicyclic) bond motifs is 6. The van der Waals surface area contributed by atoms with Crippen molar-refractivity contribution in [3.05, 3.63) is 111 Å². The van der Waals surface area contributed by atoms with Crippen LogP contribution in [-0.2, 0) is 45.5 Å². The van der Waals surface area contributed by atoms with Crippen LogP contribution in [0.3, 0.4) is 0 Å². The third-order valence-corrected chi connectivity index (χ3v) is 5.35. The van der Waals surface area contributed by atoms with Gasteiger partial charge in [0.25, 0.3) is 0 Å². The fourth-order valence-corrected chi connectivity index (χ4v) is 4.21. The molecule has 0 saturated carbocycles. The Morgan fingerprint density at radius 3 is 2.47 bits per heavy atom. The molecule has 30 heavy (non-hydrogen) atoms. The standard InChI is InChI=1S/C13H9.C11H6BrO.2ClH.H2S.Zr/c1-3-7-12-10(5-1)9-11-6-2-4-8-13(11)12;12-10-6-8-5-7-3-1-2-4-9(7)11(8)13-10;;;;/h1-5,7-8H,9H2;1-3,5-6,11H;2*1H;1H2;/q2*-1;;;;+2/p-3.